The maximum absolute atomic E-state index is 12.8. The van der Waals surface area contributed by atoms with Crippen LogP contribution in [0.1, 0.15) is 31.7 Å². The van der Waals surface area contributed by atoms with E-state index in [1.165, 1.54) is 12.8 Å². The lowest BCUT2D eigenvalue weighted by Gasteiger charge is -2.13. The molecule has 0 aliphatic heterocycles. The first kappa shape index (κ1) is 12.3. The average Bonchev–Trinajstić information content (AvgIpc) is 3.07. The summed E-state index contributed by atoms with van der Waals surface area (Å²) in [6, 6.07) is 8.37. The lowest BCUT2D eigenvalue weighted by atomic mass is 10.2. The molecule has 2 aromatic heterocycles. The van der Waals surface area contributed by atoms with E-state index in [0.29, 0.717) is 4.77 Å². The minimum atomic E-state index is 0.0804. The molecule has 1 fully saturated rings. The maximum Gasteiger partial charge on any atom is 0.272 e. The first-order chi connectivity index (χ1) is 9.75. The Morgan fingerprint density at radius 3 is 2.80 bits per heavy atom. The van der Waals surface area contributed by atoms with Crippen molar-refractivity contribution in [2.45, 2.75) is 31.7 Å². The second-order valence-corrected chi connectivity index (χ2v) is 6.78. The van der Waals surface area contributed by atoms with Gasteiger partial charge >= 0.3 is 0 Å². The molecule has 1 aromatic carbocycles. The van der Waals surface area contributed by atoms with Crippen molar-refractivity contribution in [1.29, 1.82) is 0 Å². The second-order valence-electron chi connectivity index (χ2n) is 5.35. The van der Waals surface area contributed by atoms with E-state index in [2.05, 4.69) is 11.1 Å². The number of hydrogen-bond acceptors (Lipinski definition) is 3. The zero-order chi connectivity index (χ0) is 13.7. The molecule has 4 rings (SSSR count). The molecule has 0 saturated heterocycles. The molecule has 0 radical (unpaired) electrons. The Bertz CT molecular complexity index is 913. The first-order valence-corrected chi connectivity index (χ1v) is 8.14. The molecule has 0 spiro atoms. The lowest BCUT2D eigenvalue weighted by Crippen LogP contribution is -2.24. The Morgan fingerprint density at radius 2 is 2.00 bits per heavy atom. The molecule has 0 amide bonds. The van der Waals surface area contributed by atoms with Crippen molar-refractivity contribution < 1.29 is 0 Å². The van der Waals surface area contributed by atoms with Crippen molar-refractivity contribution in [3.05, 3.63) is 39.4 Å². The maximum atomic E-state index is 12.8. The number of benzene rings is 1. The number of aromatic nitrogens is 2. The normalized spacial score (nSPS) is 16.4. The van der Waals surface area contributed by atoms with Gasteiger partial charge in [0.25, 0.3) is 5.56 Å². The number of nitrogens with one attached hydrogen (secondary N) is 1. The summed E-state index contributed by atoms with van der Waals surface area (Å²) in [7, 11) is 0. The molecule has 3 aromatic rings. The van der Waals surface area contributed by atoms with Crippen molar-refractivity contribution in [3.8, 4) is 0 Å². The molecular weight excluding hydrogens is 288 g/mol. The van der Waals surface area contributed by atoms with Crippen molar-refractivity contribution in [2.24, 2.45) is 0 Å². The predicted molar refractivity (Wildman–Crippen MR) is 86.3 cm³/mol. The molecule has 0 atom stereocenters. The highest BCUT2D eigenvalue weighted by atomic mass is 32.1. The van der Waals surface area contributed by atoms with Gasteiger partial charge in [0.05, 0.1) is 5.52 Å². The van der Waals surface area contributed by atoms with E-state index in [9.17, 15) is 4.79 Å². The van der Waals surface area contributed by atoms with Gasteiger partial charge in [0.2, 0.25) is 0 Å². The fourth-order valence-corrected chi connectivity index (χ4v) is 4.61. The van der Waals surface area contributed by atoms with E-state index in [0.717, 1.165) is 33.1 Å². The number of hydrogen-bond donors (Lipinski definition) is 1. The lowest BCUT2D eigenvalue weighted by molar-refractivity contribution is 0.493. The SMILES string of the molecule is O=c1c2sc3ccccc3c2[nH]c(=S)n1C1CCCC1. The summed E-state index contributed by atoms with van der Waals surface area (Å²) in [5.41, 5.74) is 0.978. The molecule has 5 heteroatoms. The third kappa shape index (κ3) is 1.70. The fraction of sp³-hybridized carbons (Fsp3) is 0.333. The minimum Gasteiger partial charge on any atom is -0.330 e. The van der Waals surface area contributed by atoms with Gasteiger partial charge in [0.15, 0.2) is 4.77 Å². The van der Waals surface area contributed by atoms with Crippen LogP contribution in [0.2, 0.25) is 0 Å². The summed E-state index contributed by atoms with van der Waals surface area (Å²) < 4.78 is 4.30. The highest BCUT2D eigenvalue weighted by Crippen LogP contribution is 2.32. The molecule has 0 unspecified atom stereocenters. The number of H-pyrrole nitrogens is 1. The van der Waals surface area contributed by atoms with Gasteiger partial charge in [-0.25, -0.2) is 0 Å². The Labute approximate surface area is 124 Å². The monoisotopic (exact) mass is 302 g/mol. The molecule has 0 bridgehead atoms. The van der Waals surface area contributed by atoms with Crippen LogP contribution in [0.25, 0.3) is 20.3 Å². The zero-order valence-corrected chi connectivity index (χ0v) is 12.5. The van der Waals surface area contributed by atoms with Crippen LogP contribution < -0.4 is 5.56 Å². The molecule has 1 aliphatic carbocycles. The van der Waals surface area contributed by atoms with Crippen molar-refractivity contribution in [1.82, 2.24) is 9.55 Å². The van der Waals surface area contributed by atoms with Gasteiger partial charge in [0, 0.05) is 16.1 Å². The Morgan fingerprint density at radius 1 is 1.25 bits per heavy atom. The van der Waals surface area contributed by atoms with E-state index in [1.807, 2.05) is 18.2 Å². The summed E-state index contributed by atoms with van der Waals surface area (Å²) in [5.74, 6) is 0. The summed E-state index contributed by atoms with van der Waals surface area (Å²) in [6.07, 6.45) is 4.51. The molecule has 2 heterocycles. The Kier molecular flexibility index (Phi) is 2.79. The number of rotatable bonds is 1. The van der Waals surface area contributed by atoms with E-state index < -0.39 is 0 Å². The minimum absolute atomic E-state index is 0.0804. The van der Waals surface area contributed by atoms with Gasteiger partial charge in [-0.3, -0.25) is 9.36 Å². The number of nitrogens with zero attached hydrogens (tertiary/aromatic N) is 1. The van der Waals surface area contributed by atoms with E-state index in [-0.39, 0.29) is 11.6 Å². The van der Waals surface area contributed by atoms with Crippen LogP contribution in [0.4, 0.5) is 0 Å². The van der Waals surface area contributed by atoms with Crippen molar-refractivity contribution in [3.63, 3.8) is 0 Å². The molecular formula is C15H14N2OS2. The zero-order valence-electron chi connectivity index (χ0n) is 10.9. The van der Waals surface area contributed by atoms with Crippen LogP contribution in [0.15, 0.2) is 29.1 Å². The first-order valence-electron chi connectivity index (χ1n) is 6.92. The largest absolute Gasteiger partial charge is 0.330 e. The number of fused-ring (bicyclic) bond motifs is 3. The van der Waals surface area contributed by atoms with E-state index >= 15 is 0 Å². The molecule has 3 nitrogen and oxygen atoms in total. The molecule has 20 heavy (non-hydrogen) atoms. The van der Waals surface area contributed by atoms with E-state index in [4.69, 9.17) is 12.2 Å². The average molecular weight is 302 g/mol. The summed E-state index contributed by atoms with van der Waals surface area (Å²) in [6.45, 7) is 0. The highest BCUT2D eigenvalue weighted by molar-refractivity contribution is 7.71. The number of thiophene rings is 1. The van der Waals surface area contributed by atoms with Crippen LogP contribution in [0.3, 0.4) is 0 Å². The van der Waals surface area contributed by atoms with Crippen LogP contribution in [0.5, 0.6) is 0 Å². The summed E-state index contributed by atoms with van der Waals surface area (Å²) in [5, 5.41) is 1.09. The topological polar surface area (TPSA) is 37.8 Å². The van der Waals surface area contributed by atoms with Crippen LogP contribution >= 0.6 is 23.6 Å². The van der Waals surface area contributed by atoms with E-state index in [1.54, 1.807) is 15.9 Å². The second kappa shape index (κ2) is 4.53. The molecule has 102 valence electrons. The van der Waals surface area contributed by atoms with Crippen LogP contribution in [0, 0.1) is 4.77 Å². The Balaban J connectivity index is 2.10. The smallest absolute Gasteiger partial charge is 0.272 e. The van der Waals surface area contributed by atoms with Gasteiger partial charge in [0.1, 0.15) is 4.70 Å². The molecule has 1 saturated carbocycles. The quantitative estimate of drug-likeness (QED) is 0.677. The third-order valence-corrected chi connectivity index (χ3v) is 5.61. The predicted octanol–water partition coefficient (Wildman–Crippen LogP) is 4.39. The van der Waals surface area contributed by atoms with Gasteiger partial charge in [-0.1, -0.05) is 31.0 Å². The molecule has 1 aliphatic rings. The van der Waals surface area contributed by atoms with Gasteiger partial charge in [-0.05, 0) is 31.1 Å². The fourth-order valence-electron chi connectivity index (χ4n) is 3.18. The van der Waals surface area contributed by atoms with Gasteiger partial charge in [-0.2, -0.15) is 0 Å². The standard InChI is InChI=1S/C15H14N2OS2/c18-14-13-12(10-7-3-4-8-11(10)20-13)16-15(19)17(14)9-5-1-2-6-9/h3-4,7-9H,1-2,5-6H2,(H,16,19). The number of aromatic amines is 1. The van der Waals surface area contributed by atoms with Crippen molar-refractivity contribution in [2.75, 3.05) is 0 Å². The van der Waals surface area contributed by atoms with Gasteiger partial charge < -0.3 is 4.98 Å². The van der Waals surface area contributed by atoms with Gasteiger partial charge in [-0.15, -0.1) is 11.3 Å². The Hall–Kier alpha value is -1.46. The van der Waals surface area contributed by atoms with Crippen LogP contribution in [-0.4, -0.2) is 9.55 Å². The van der Waals surface area contributed by atoms with Crippen LogP contribution in [-0.2, 0) is 0 Å². The third-order valence-electron chi connectivity index (χ3n) is 4.15. The summed E-state index contributed by atoms with van der Waals surface area (Å²) >= 11 is 7.00. The summed E-state index contributed by atoms with van der Waals surface area (Å²) in [4.78, 5) is 16.1. The molecule has 1 N–H and O–H groups in total. The van der Waals surface area contributed by atoms with Crippen molar-refractivity contribution >= 4 is 43.9 Å². The highest BCUT2D eigenvalue weighted by Gasteiger charge is 2.21.